The van der Waals surface area contributed by atoms with Crippen molar-refractivity contribution >= 4 is 18.3 Å². The molecule has 0 aromatic heterocycles. The van der Waals surface area contributed by atoms with E-state index in [4.69, 9.17) is 5.73 Å². The predicted octanol–water partition coefficient (Wildman–Crippen LogP) is 3.98. The fourth-order valence-electron chi connectivity index (χ4n) is 3.16. The Labute approximate surface area is 140 Å². The van der Waals surface area contributed by atoms with Gasteiger partial charge in [0.1, 0.15) is 0 Å². The lowest BCUT2D eigenvalue weighted by molar-refractivity contribution is -0.121. The molecule has 2 rings (SSSR count). The normalized spacial score (nSPS) is 16.6. The lowest BCUT2D eigenvalue weighted by Gasteiger charge is -2.21. The topological polar surface area (TPSA) is 55.1 Å². The highest BCUT2D eigenvalue weighted by atomic mass is 35.5. The van der Waals surface area contributed by atoms with Gasteiger partial charge < -0.3 is 11.1 Å². The minimum Gasteiger partial charge on any atom is -0.354 e. The van der Waals surface area contributed by atoms with Crippen molar-refractivity contribution < 1.29 is 4.79 Å². The first kappa shape index (κ1) is 19.0. The van der Waals surface area contributed by atoms with Gasteiger partial charge in [0.05, 0.1) is 0 Å². The van der Waals surface area contributed by atoms with E-state index in [1.54, 1.807) is 0 Å². The summed E-state index contributed by atoms with van der Waals surface area (Å²) in [7, 11) is 0. The second-order valence-electron chi connectivity index (χ2n) is 6.22. The van der Waals surface area contributed by atoms with Gasteiger partial charge in [-0.1, -0.05) is 62.4 Å². The maximum atomic E-state index is 11.9. The Morgan fingerprint density at radius 2 is 1.86 bits per heavy atom. The van der Waals surface area contributed by atoms with Gasteiger partial charge >= 0.3 is 0 Å². The van der Waals surface area contributed by atoms with Crippen LogP contribution in [0.1, 0.15) is 63.0 Å². The highest BCUT2D eigenvalue weighted by Gasteiger charge is 2.14. The average Bonchev–Trinajstić information content (AvgIpc) is 2.54. The minimum absolute atomic E-state index is 0. The second-order valence-corrected chi connectivity index (χ2v) is 6.22. The molecule has 0 bridgehead atoms. The van der Waals surface area contributed by atoms with E-state index >= 15 is 0 Å². The Balaban J connectivity index is 0.00000242. The van der Waals surface area contributed by atoms with Crippen molar-refractivity contribution in [2.24, 2.45) is 11.7 Å². The molecule has 124 valence electrons. The number of halogens is 1. The van der Waals surface area contributed by atoms with Crippen LogP contribution in [0.25, 0.3) is 0 Å². The van der Waals surface area contributed by atoms with E-state index in [1.807, 2.05) is 30.3 Å². The molecule has 1 aliphatic rings. The van der Waals surface area contributed by atoms with Crippen LogP contribution in [0.5, 0.6) is 0 Å². The first-order chi connectivity index (χ1) is 10.3. The van der Waals surface area contributed by atoms with Crippen LogP contribution in [0.4, 0.5) is 0 Å². The van der Waals surface area contributed by atoms with Crippen molar-refractivity contribution in [2.45, 2.75) is 57.4 Å². The molecular weight excluding hydrogens is 296 g/mol. The van der Waals surface area contributed by atoms with Crippen molar-refractivity contribution in [1.82, 2.24) is 5.32 Å². The predicted molar refractivity (Wildman–Crippen MR) is 94.1 cm³/mol. The standard InChI is InChI=1S/C18H28N2O.ClH/c19-17(16-11-5-2-6-12-16)14-20-18(21)13-7-10-15-8-3-1-4-9-15;/h2,5-6,11-12,15,17H,1,3-4,7-10,13-14,19H2,(H,20,21);1H. The van der Waals surface area contributed by atoms with Crippen LogP contribution < -0.4 is 11.1 Å². The third-order valence-electron chi connectivity index (χ3n) is 4.49. The number of carbonyl (C=O) groups excluding carboxylic acids is 1. The Morgan fingerprint density at radius 3 is 2.55 bits per heavy atom. The number of hydrogen-bond donors (Lipinski definition) is 2. The van der Waals surface area contributed by atoms with Gasteiger partial charge in [0, 0.05) is 19.0 Å². The van der Waals surface area contributed by atoms with E-state index in [2.05, 4.69) is 5.32 Å². The molecular formula is C18H29ClN2O. The van der Waals surface area contributed by atoms with Crippen molar-refractivity contribution in [3.8, 4) is 0 Å². The third kappa shape index (κ3) is 6.80. The van der Waals surface area contributed by atoms with Gasteiger partial charge in [-0.3, -0.25) is 4.79 Å². The molecule has 0 saturated heterocycles. The molecule has 3 N–H and O–H groups in total. The van der Waals surface area contributed by atoms with E-state index in [0.717, 1.165) is 17.9 Å². The molecule has 0 heterocycles. The SMILES string of the molecule is Cl.NC(CNC(=O)CCCC1CCCCC1)c1ccccc1. The zero-order valence-electron chi connectivity index (χ0n) is 13.3. The molecule has 1 aromatic rings. The van der Waals surface area contributed by atoms with Crippen molar-refractivity contribution in [3.63, 3.8) is 0 Å². The average molecular weight is 325 g/mol. The molecule has 1 atom stereocenters. The van der Waals surface area contributed by atoms with Crippen LogP contribution in [0.2, 0.25) is 0 Å². The third-order valence-corrected chi connectivity index (χ3v) is 4.49. The van der Waals surface area contributed by atoms with Crippen LogP contribution in [0.15, 0.2) is 30.3 Å². The molecule has 1 aromatic carbocycles. The van der Waals surface area contributed by atoms with E-state index in [0.29, 0.717) is 13.0 Å². The zero-order valence-corrected chi connectivity index (χ0v) is 14.1. The largest absolute Gasteiger partial charge is 0.354 e. The Morgan fingerprint density at radius 1 is 1.18 bits per heavy atom. The van der Waals surface area contributed by atoms with E-state index < -0.39 is 0 Å². The molecule has 1 unspecified atom stereocenters. The molecule has 0 spiro atoms. The smallest absolute Gasteiger partial charge is 0.220 e. The summed E-state index contributed by atoms with van der Waals surface area (Å²) in [5.41, 5.74) is 7.14. The number of amides is 1. The number of carbonyl (C=O) groups is 1. The first-order valence-corrected chi connectivity index (χ1v) is 8.33. The monoisotopic (exact) mass is 324 g/mol. The van der Waals surface area contributed by atoms with E-state index in [9.17, 15) is 4.79 Å². The van der Waals surface area contributed by atoms with Crippen LogP contribution in [-0.2, 0) is 4.79 Å². The lowest BCUT2D eigenvalue weighted by atomic mass is 9.86. The molecule has 3 nitrogen and oxygen atoms in total. The minimum atomic E-state index is -0.117. The van der Waals surface area contributed by atoms with Gasteiger partial charge in [-0.25, -0.2) is 0 Å². The van der Waals surface area contributed by atoms with Gasteiger partial charge in [-0.2, -0.15) is 0 Å². The maximum Gasteiger partial charge on any atom is 0.220 e. The summed E-state index contributed by atoms with van der Waals surface area (Å²) < 4.78 is 0. The van der Waals surface area contributed by atoms with Crippen molar-refractivity contribution in [1.29, 1.82) is 0 Å². The van der Waals surface area contributed by atoms with Crippen LogP contribution >= 0.6 is 12.4 Å². The number of nitrogens with two attached hydrogens (primary N) is 1. The van der Waals surface area contributed by atoms with Gasteiger partial charge in [0.15, 0.2) is 0 Å². The van der Waals surface area contributed by atoms with Gasteiger partial charge in [-0.05, 0) is 24.3 Å². The number of hydrogen-bond acceptors (Lipinski definition) is 2. The molecule has 1 fully saturated rings. The molecule has 1 saturated carbocycles. The fourth-order valence-corrected chi connectivity index (χ4v) is 3.16. The quantitative estimate of drug-likeness (QED) is 0.797. The summed E-state index contributed by atoms with van der Waals surface area (Å²) in [5.74, 6) is 0.996. The van der Waals surface area contributed by atoms with Crippen molar-refractivity contribution in [2.75, 3.05) is 6.54 Å². The number of benzene rings is 1. The molecule has 0 radical (unpaired) electrons. The molecule has 1 amide bonds. The first-order valence-electron chi connectivity index (χ1n) is 8.33. The van der Waals surface area contributed by atoms with Crippen LogP contribution in [0, 0.1) is 5.92 Å². The Hall–Kier alpha value is -1.06. The summed E-state index contributed by atoms with van der Waals surface area (Å²) in [5, 5.41) is 2.95. The summed E-state index contributed by atoms with van der Waals surface area (Å²) in [6.45, 7) is 0.520. The lowest BCUT2D eigenvalue weighted by Crippen LogP contribution is -2.31. The number of nitrogens with one attached hydrogen (secondary N) is 1. The summed E-state index contributed by atoms with van der Waals surface area (Å²) in [4.78, 5) is 11.9. The fraction of sp³-hybridized carbons (Fsp3) is 0.611. The summed E-state index contributed by atoms with van der Waals surface area (Å²) in [6.07, 6.45) is 9.73. The molecule has 0 aliphatic heterocycles. The molecule has 4 heteroatoms. The highest BCUT2D eigenvalue weighted by molar-refractivity contribution is 5.85. The highest BCUT2D eigenvalue weighted by Crippen LogP contribution is 2.27. The van der Waals surface area contributed by atoms with Crippen LogP contribution in [0.3, 0.4) is 0 Å². The van der Waals surface area contributed by atoms with Crippen molar-refractivity contribution in [3.05, 3.63) is 35.9 Å². The summed E-state index contributed by atoms with van der Waals surface area (Å²) >= 11 is 0. The van der Waals surface area contributed by atoms with Gasteiger partial charge in [-0.15, -0.1) is 12.4 Å². The summed E-state index contributed by atoms with van der Waals surface area (Å²) in [6, 6.07) is 9.80. The van der Waals surface area contributed by atoms with Gasteiger partial charge in [0.25, 0.3) is 0 Å². The second kappa shape index (κ2) is 10.6. The molecule has 22 heavy (non-hydrogen) atoms. The number of rotatable bonds is 7. The zero-order chi connectivity index (χ0) is 14.9. The maximum absolute atomic E-state index is 11.9. The molecule has 1 aliphatic carbocycles. The Kier molecular flexibility index (Phi) is 9.17. The van der Waals surface area contributed by atoms with E-state index in [-0.39, 0.29) is 24.4 Å². The Bertz CT molecular complexity index is 418. The van der Waals surface area contributed by atoms with Crippen LogP contribution in [-0.4, -0.2) is 12.5 Å². The van der Waals surface area contributed by atoms with Gasteiger partial charge in [0.2, 0.25) is 5.91 Å². The van der Waals surface area contributed by atoms with E-state index in [1.165, 1.54) is 38.5 Å².